The van der Waals surface area contributed by atoms with Gasteiger partial charge in [0, 0.05) is 12.1 Å². The lowest BCUT2D eigenvalue weighted by Crippen LogP contribution is -2.27. The zero-order valence-electron chi connectivity index (χ0n) is 10.2. The third-order valence-corrected chi connectivity index (χ3v) is 2.59. The van der Waals surface area contributed by atoms with Crippen LogP contribution in [0, 0.1) is 5.92 Å². The average Bonchev–Trinajstić information content (AvgIpc) is 2.36. The monoisotopic (exact) mass is 257 g/mol. The molecule has 0 aliphatic carbocycles. The Balaban J connectivity index is 2.75. The highest BCUT2D eigenvalue weighted by Gasteiger charge is 2.19. The van der Waals surface area contributed by atoms with Gasteiger partial charge in [-0.1, -0.05) is 24.3 Å². The molecule has 0 aliphatic rings. The van der Waals surface area contributed by atoms with E-state index in [1.807, 2.05) is 0 Å². The molecule has 5 heteroatoms. The number of nitrogens with two attached hydrogens (primary N) is 1. The van der Waals surface area contributed by atoms with Crippen molar-refractivity contribution < 1.29 is 18.3 Å². The van der Waals surface area contributed by atoms with Crippen LogP contribution in [0.3, 0.4) is 0 Å². The minimum absolute atomic E-state index is 0.0490. The van der Waals surface area contributed by atoms with Crippen molar-refractivity contribution >= 4 is 5.97 Å². The molecule has 0 aliphatic heterocycles. The van der Waals surface area contributed by atoms with Crippen LogP contribution in [0.2, 0.25) is 0 Å². The molecule has 3 nitrogen and oxygen atoms in total. The zero-order chi connectivity index (χ0) is 13.5. The van der Waals surface area contributed by atoms with Gasteiger partial charge in [0.15, 0.2) is 0 Å². The molecule has 0 radical (unpaired) electrons. The van der Waals surface area contributed by atoms with Gasteiger partial charge in [0.05, 0.1) is 12.5 Å². The van der Waals surface area contributed by atoms with Crippen molar-refractivity contribution in [2.24, 2.45) is 11.7 Å². The van der Waals surface area contributed by atoms with E-state index in [1.165, 1.54) is 12.1 Å². The Bertz CT molecular complexity index is 396. The molecule has 0 heterocycles. The van der Waals surface area contributed by atoms with Crippen LogP contribution in [0.5, 0.6) is 0 Å². The van der Waals surface area contributed by atoms with Crippen molar-refractivity contribution in [2.45, 2.75) is 19.8 Å². The molecule has 0 saturated heterocycles. The van der Waals surface area contributed by atoms with Crippen LogP contribution in [0.1, 0.15) is 24.5 Å². The Morgan fingerprint density at radius 1 is 1.44 bits per heavy atom. The summed E-state index contributed by atoms with van der Waals surface area (Å²) in [6.45, 7) is 2.13. The Morgan fingerprint density at radius 2 is 2.17 bits per heavy atom. The second-order valence-corrected chi connectivity index (χ2v) is 3.93. The quantitative estimate of drug-likeness (QED) is 0.796. The normalized spacial score (nSPS) is 12.5. The van der Waals surface area contributed by atoms with E-state index in [0.29, 0.717) is 12.0 Å². The topological polar surface area (TPSA) is 52.3 Å². The number of carbonyl (C=O) groups excluding carboxylic acids is 1. The number of benzene rings is 1. The van der Waals surface area contributed by atoms with Crippen molar-refractivity contribution in [1.29, 1.82) is 0 Å². The molecule has 100 valence electrons. The molecule has 0 aromatic heterocycles. The SMILES string of the molecule is CCOC(=O)C(CN)Cc1cccc(C(F)F)c1. The van der Waals surface area contributed by atoms with Gasteiger partial charge in [0.2, 0.25) is 0 Å². The molecule has 1 aromatic carbocycles. The lowest BCUT2D eigenvalue weighted by molar-refractivity contribution is -0.147. The highest BCUT2D eigenvalue weighted by molar-refractivity contribution is 5.73. The highest BCUT2D eigenvalue weighted by Crippen LogP contribution is 2.21. The first kappa shape index (κ1) is 14.6. The summed E-state index contributed by atoms with van der Waals surface area (Å²) < 4.78 is 29.9. The fourth-order valence-electron chi connectivity index (χ4n) is 1.66. The van der Waals surface area contributed by atoms with E-state index in [2.05, 4.69) is 0 Å². The van der Waals surface area contributed by atoms with E-state index in [0.717, 1.165) is 0 Å². The number of esters is 1. The highest BCUT2D eigenvalue weighted by atomic mass is 19.3. The van der Waals surface area contributed by atoms with E-state index in [9.17, 15) is 13.6 Å². The fraction of sp³-hybridized carbons (Fsp3) is 0.462. The van der Waals surface area contributed by atoms with E-state index in [1.54, 1.807) is 19.1 Å². The van der Waals surface area contributed by atoms with Crippen LogP contribution in [-0.2, 0) is 16.0 Å². The molecule has 0 fully saturated rings. The summed E-state index contributed by atoms with van der Waals surface area (Å²) >= 11 is 0. The maximum Gasteiger partial charge on any atom is 0.310 e. The lowest BCUT2D eigenvalue weighted by Gasteiger charge is -2.13. The third-order valence-electron chi connectivity index (χ3n) is 2.59. The Morgan fingerprint density at radius 3 is 2.72 bits per heavy atom. The van der Waals surface area contributed by atoms with Gasteiger partial charge in [0.25, 0.3) is 6.43 Å². The predicted octanol–water partition coefficient (Wildman–Crippen LogP) is 2.30. The summed E-state index contributed by atoms with van der Waals surface area (Å²) in [5.41, 5.74) is 6.11. The smallest absolute Gasteiger partial charge is 0.310 e. The molecule has 1 atom stereocenters. The molecule has 1 unspecified atom stereocenters. The van der Waals surface area contributed by atoms with E-state index in [-0.39, 0.29) is 24.7 Å². The maximum atomic E-state index is 12.5. The molecule has 0 saturated carbocycles. The van der Waals surface area contributed by atoms with Crippen LogP contribution in [-0.4, -0.2) is 19.1 Å². The van der Waals surface area contributed by atoms with Crippen molar-refractivity contribution in [2.75, 3.05) is 13.2 Å². The first-order valence-corrected chi connectivity index (χ1v) is 5.82. The standard InChI is InChI=1S/C13H17F2NO2/c1-2-18-13(17)11(8-16)7-9-4-3-5-10(6-9)12(14)15/h3-6,11-12H,2,7-8,16H2,1H3. The van der Waals surface area contributed by atoms with Gasteiger partial charge < -0.3 is 10.5 Å². The number of rotatable bonds is 6. The number of hydrogen-bond donors (Lipinski definition) is 1. The summed E-state index contributed by atoms with van der Waals surface area (Å²) in [7, 11) is 0. The van der Waals surface area contributed by atoms with E-state index < -0.39 is 12.3 Å². The van der Waals surface area contributed by atoms with Crippen LogP contribution in [0.15, 0.2) is 24.3 Å². The zero-order valence-corrected chi connectivity index (χ0v) is 10.2. The van der Waals surface area contributed by atoms with Gasteiger partial charge in [-0.2, -0.15) is 0 Å². The molecular formula is C13H17F2NO2. The number of carbonyl (C=O) groups is 1. The summed E-state index contributed by atoms with van der Waals surface area (Å²) in [4.78, 5) is 11.5. The Labute approximate surface area is 105 Å². The van der Waals surface area contributed by atoms with Crippen molar-refractivity contribution in [3.63, 3.8) is 0 Å². The van der Waals surface area contributed by atoms with Gasteiger partial charge in [-0.05, 0) is 18.9 Å². The molecule has 2 N–H and O–H groups in total. The van der Waals surface area contributed by atoms with Gasteiger partial charge in [-0.25, -0.2) is 8.78 Å². The Kier molecular flexibility index (Phi) is 5.71. The van der Waals surface area contributed by atoms with Gasteiger partial charge in [-0.15, -0.1) is 0 Å². The second kappa shape index (κ2) is 7.06. The first-order valence-electron chi connectivity index (χ1n) is 5.82. The Hall–Kier alpha value is -1.49. The third kappa shape index (κ3) is 4.07. The second-order valence-electron chi connectivity index (χ2n) is 3.93. The van der Waals surface area contributed by atoms with Gasteiger partial charge in [0.1, 0.15) is 0 Å². The van der Waals surface area contributed by atoms with Crippen LogP contribution < -0.4 is 5.73 Å². The van der Waals surface area contributed by atoms with E-state index in [4.69, 9.17) is 10.5 Å². The predicted molar refractivity (Wildman–Crippen MR) is 64.3 cm³/mol. The van der Waals surface area contributed by atoms with Crippen LogP contribution >= 0.6 is 0 Å². The lowest BCUT2D eigenvalue weighted by atomic mass is 9.98. The molecule has 0 amide bonds. The van der Waals surface area contributed by atoms with Crippen molar-refractivity contribution in [1.82, 2.24) is 0 Å². The number of alkyl halides is 2. The first-order chi connectivity index (χ1) is 8.58. The van der Waals surface area contributed by atoms with Gasteiger partial charge in [-0.3, -0.25) is 4.79 Å². The van der Waals surface area contributed by atoms with Crippen molar-refractivity contribution in [3.8, 4) is 0 Å². The van der Waals surface area contributed by atoms with Crippen molar-refractivity contribution in [3.05, 3.63) is 35.4 Å². The largest absolute Gasteiger partial charge is 0.466 e. The minimum Gasteiger partial charge on any atom is -0.466 e. The molecule has 1 rings (SSSR count). The van der Waals surface area contributed by atoms with Crippen LogP contribution in [0.25, 0.3) is 0 Å². The summed E-state index contributed by atoms with van der Waals surface area (Å²) in [6.07, 6.45) is -2.19. The summed E-state index contributed by atoms with van der Waals surface area (Å²) in [6, 6.07) is 6.01. The fourth-order valence-corrected chi connectivity index (χ4v) is 1.66. The molecule has 18 heavy (non-hydrogen) atoms. The molecule has 0 spiro atoms. The van der Waals surface area contributed by atoms with E-state index >= 15 is 0 Å². The minimum atomic E-state index is -2.51. The molecular weight excluding hydrogens is 240 g/mol. The van der Waals surface area contributed by atoms with Gasteiger partial charge >= 0.3 is 5.97 Å². The number of ether oxygens (including phenoxy) is 1. The molecule has 1 aromatic rings. The van der Waals surface area contributed by atoms with Crippen LogP contribution in [0.4, 0.5) is 8.78 Å². The molecule has 0 bridgehead atoms. The maximum absolute atomic E-state index is 12.5. The summed E-state index contributed by atoms with van der Waals surface area (Å²) in [5.74, 6) is -0.875. The summed E-state index contributed by atoms with van der Waals surface area (Å²) in [5, 5.41) is 0. The number of halogens is 2. The average molecular weight is 257 g/mol. The number of hydrogen-bond acceptors (Lipinski definition) is 3.